The fourth-order valence-corrected chi connectivity index (χ4v) is 2.96. The predicted molar refractivity (Wildman–Crippen MR) is 108 cm³/mol. The molecule has 0 aromatic heterocycles. The van der Waals surface area contributed by atoms with Crippen LogP contribution < -0.4 is 10.0 Å². The van der Waals surface area contributed by atoms with E-state index in [0.717, 1.165) is 11.0 Å². The third-order valence-corrected chi connectivity index (χ3v) is 4.68. The molecule has 148 valence electrons. The summed E-state index contributed by atoms with van der Waals surface area (Å²) in [6.07, 6.45) is 1.41. The summed E-state index contributed by atoms with van der Waals surface area (Å²) < 4.78 is 30.6. The number of hydrogen-bond donors (Lipinski definition) is 2. The van der Waals surface area contributed by atoms with Gasteiger partial charge in [0, 0.05) is 16.1 Å². The molecule has 0 fully saturated rings. The lowest BCUT2D eigenvalue weighted by atomic mass is 10.2. The van der Waals surface area contributed by atoms with Crippen LogP contribution in [0.5, 0.6) is 0 Å². The highest BCUT2D eigenvalue weighted by atomic mass is 35.5. The van der Waals surface area contributed by atoms with E-state index >= 15 is 0 Å². The van der Waals surface area contributed by atoms with Gasteiger partial charge in [-0.1, -0.05) is 47.5 Å². The highest BCUT2D eigenvalue weighted by Crippen LogP contribution is 2.14. The highest BCUT2D eigenvalue weighted by Gasteiger charge is 2.12. The van der Waals surface area contributed by atoms with Gasteiger partial charge in [-0.2, -0.15) is 0 Å². The Morgan fingerprint density at radius 1 is 1.14 bits per heavy atom. The summed E-state index contributed by atoms with van der Waals surface area (Å²) in [7, 11) is -3.82. The Morgan fingerprint density at radius 2 is 1.86 bits per heavy atom. The molecule has 2 rings (SSSR count). The van der Waals surface area contributed by atoms with Crippen LogP contribution in [0, 0.1) is 6.92 Å². The standard InChI is InChI=1S/C19H19ClN2O5S/c1-14-5-7-15(8-6-14)9-10-28(25,26)21-12-19(24)27-13-18(23)22-17-4-2-3-16(20)11-17/h2-11,21H,12-13H2,1H3,(H,22,23)/b10-9+. The van der Waals surface area contributed by atoms with Crippen molar-refractivity contribution in [3.63, 3.8) is 0 Å². The first-order valence-electron chi connectivity index (χ1n) is 8.19. The van der Waals surface area contributed by atoms with Crippen LogP contribution in [0.25, 0.3) is 6.08 Å². The summed E-state index contributed by atoms with van der Waals surface area (Å²) in [5.41, 5.74) is 2.21. The molecule has 2 N–H and O–H groups in total. The van der Waals surface area contributed by atoms with Gasteiger partial charge in [0.15, 0.2) is 6.61 Å². The quantitative estimate of drug-likeness (QED) is 0.637. The molecule has 7 nitrogen and oxygen atoms in total. The first-order chi connectivity index (χ1) is 13.2. The molecule has 0 aliphatic rings. The predicted octanol–water partition coefficient (Wildman–Crippen LogP) is 2.72. The highest BCUT2D eigenvalue weighted by molar-refractivity contribution is 7.92. The first-order valence-corrected chi connectivity index (χ1v) is 10.1. The average Bonchev–Trinajstić information content (AvgIpc) is 2.64. The molecule has 0 heterocycles. The van der Waals surface area contributed by atoms with Gasteiger partial charge in [0.25, 0.3) is 5.91 Å². The van der Waals surface area contributed by atoms with Crippen molar-refractivity contribution in [3.05, 3.63) is 70.1 Å². The largest absolute Gasteiger partial charge is 0.455 e. The minimum atomic E-state index is -3.82. The molecule has 2 aromatic rings. The zero-order valence-corrected chi connectivity index (χ0v) is 16.6. The fourth-order valence-electron chi connectivity index (χ4n) is 2.01. The molecule has 9 heteroatoms. The van der Waals surface area contributed by atoms with E-state index in [1.807, 2.05) is 19.1 Å². The van der Waals surface area contributed by atoms with Crippen LogP contribution in [-0.4, -0.2) is 33.4 Å². The van der Waals surface area contributed by atoms with E-state index < -0.39 is 35.1 Å². The zero-order valence-electron chi connectivity index (χ0n) is 15.0. The number of carbonyl (C=O) groups is 2. The molecule has 0 bridgehead atoms. The van der Waals surface area contributed by atoms with E-state index in [-0.39, 0.29) is 0 Å². The molecule has 2 aromatic carbocycles. The molecule has 0 saturated carbocycles. The Bertz CT molecular complexity index is 972. The smallest absolute Gasteiger partial charge is 0.321 e. The van der Waals surface area contributed by atoms with E-state index in [1.54, 1.807) is 30.3 Å². The molecule has 0 unspecified atom stereocenters. The first kappa shape index (κ1) is 21.6. The van der Waals surface area contributed by atoms with Crippen molar-refractivity contribution in [2.45, 2.75) is 6.92 Å². The Morgan fingerprint density at radius 3 is 2.54 bits per heavy atom. The van der Waals surface area contributed by atoms with Crippen LogP contribution in [0.1, 0.15) is 11.1 Å². The number of benzene rings is 2. The Labute approximate surface area is 168 Å². The van der Waals surface area contributed by atoms with E-state index in [0.29, 0.717) is 16.3 Å². The van der Waals surface area contributed by atoms with E-state index in [2.05, 4.69) is 10.0 Å². The number of esters is 1. The zero-order chi connectivity index (χ0) is 20.6. The summed E-state index contributed by atoms with van der Waals surface area (Å²) in [6, 6.07) is 13.7. The summed E-state index contributed by atoms with van der Waals surface area (Å²) >= 11 is 5.80. The molecule has 0 aliphatic heterocycles. The number of aryl methyl sites for hydroxylation is 1. The second-order valence-corrected chi connectivity index (χ2v) is 7.89. The fraction of sp³-hybridized carbons (Fsp3) is 0.158. The van der Waals surface area contributed by atoms with Crippen molar-refractivity contribution in [1.82, 2.24) is 4.72 Å². The Balaban J connectivity index is 1.76. The molecular weight excluding hydrogens is 404 g/mol. The Kier molecular flexibility index (Phi) is 7.74. The van der Waals surface area contributed by atoms with Crippen LogP contribution in [0.15, 0.2) is 53.9 Å². The molecule has 1 amide bonds. The van der Waals surface area contributed by atoms with Crippen LogP contribution in [0.3, 0.4) is 0 Å². The van der Waals surface area contributed by atoms with Crippen molar-refractivity contribution in [2.75, 3.05) is 18.5 Å². The average molecular weight is 423 g/mol. The lowest BCUT2D eigenvalue weighted by Crippen LogP contribution is -2.31. The topological polar surface area (TPSA) is 102 Å². The van der Waals surface area contributed by atoms with Crippen molar-refractivity contribution in [3.8, 4) is 0 Å². The van der Waals surface area contributed by atoms with Crippen LogP contribution >= 0.6 is 11.6 Å². The lowest BCUT2D eigenvalue weighted by molar-refractivity contribution is -0.146. The van der Waals surface area contributed by atoms with Crippen molar-refractivity contribution in [2.24, 2.45) is 0 Å². The summed E-state index contributed by atoms with van der Waals surface area (Å²) in [5, 5.41) is 3.90. The van der Waals surface area contributed by atoms with Gasteiger partial charge in [0.2, 0.25) is 10.0 Å². The third-order valence-electron chi connectivity index (χ3n) is 3.41. The van der Waals surface area contributed by atoms with Crippen LogP contribution in [-0.2, 0) is 24.3 Å². The molecule has 0 saturated heterocycles. The van der Waals surface area contributed by atoms with Crippen molar-refractivity contribution in [1.29, 1.82) is 0 Å². The third kappa shape index (κ3) is 7.91. The van der Waals surface area contributed by atoms with Gasteiger partial charge in [-0.25, -0.2) is 13.1 Å². The number of anilines is 1. The SMILES string of the molecule is Cc1ccc(/C=C/S(=O)(=O)NCC(=O)OCC(=O)Nc2cccc(Cl)c2)cc1. The van der Waals surface area contributed by atoms with Crippen LogP contribution in [0.2, 0.25) is 5.02 Å². The number of amides is 1. The van der Waals surface area contributed by atoms with Gasteiger partial charge in [-0.3, -0.25) is 9.59 Å². The number of carbonyl (C=O) groups excluding carboxylic acids is 2. The minimum Gasteiger partial charge on any atom is -0.455 e. The maximum absolute atomic E-state index is 11.9. The molecule has 28 heavy (non-hydrogen) atoms. The van der Waals surface area contributed by atoms with Crippen molar-refractivity contribution >= 4 is 45.3 Å². The Hall–Kier alpha value is -2.68. The van der Waals surface area contributed by atoms with E-state index in [4.69, 9.17) is 16.3 Å². The van der Waals surface area contributed by atoms with E-state index in [9.17, 15) is 18.0 Å². The van der Waals surface area contributed by atoms with Gasteiger partial charge >= 0.3 is 5.97 Å². The number of ether oxygens (including phenoxy) is 1. The molecule has 0 aliphatic carbocycles. The number of nitrogens with one attached hydrogen (secondary N) is 2. The van der Waals surface area contributed by atoms with Crippen LogP contribution in [0.4, 0.5) is 5.69 Å². The van der Waals surface area contributed by atoms with E-state index in [1.165, 1.54) is 12.1 Å². The monoisotopic (exact) mass is 422 g/mol. The summed E-state index contributed by atoms with van der Waals surface area (Å²) in [4.78, 5) is 23.4. The number of rotatable bonds is 8. The summed E-state index contributed by atoms with van der Waals surface area (Å²) in [5.74, 6) is -1.45. The molecule has 0 radical (unpaired) electrons. The number of halogens is 1. The molecular formula is C19H19ClN2O5S. The summed E-state index contributed by atoms with van der Waals surface area (Å²) in [6.45, 7) is 0.782. The minimum absolute atomic E-state index is 0.447. The maximum atomic E-state index is 11.9. The van der Waals surface area contributed by atoms with Gasteiger partial charge in [0.05, 0.1) is 0 Å². The molecule has 0 spiro atoms. The second-order valence-electron chi connectivity index (χ2n) is 5.80. The maximum Gasteiger partial charge on any atom is 0.321 e. The van der Waals surface area contributed by atoms with Gasteiger partial charge in [0.1, 0.15) is 6.54 Å². The number of hydrogen-bond acceptors (Lipinski definition) is 5. The van der Waals surface area contributed by atoms with Gasteiger partial charge < -0.3 is 10.1 Å². The normalized spacial score (nSPS) is 11.4. The van der Waals surface area contributed by atoms with Crippen molar-refractivity contribution < 1.29 is 22.7 Å². The lowest BCUT2D eigenvalue weighted by Gasteiger charge is -2.07. The van der Waals surface area contributed by atoms with Gasteiger partial charge in [-0.05, 0) is 36.8 Å². The molecule has 0 atom stereocenters. The van der Waals surface area contributed by atoms with Gasteiger partial charge in [-0.15, -0.1) is 0 Å². The number of sulfonamides is 1. The second kappa shape index (κ2) is 10.0.